The van der Waals surface area contributed by atoms with Gasteiger partial charge in [0, 0.05) is 102 Å². The number of aromatic hydroxyl groups is 1. The number of hydrogen-bond donors (Lipinski definition) is 1. The van der Waals surface area contributed by atoms with Crippen LogP contribution in [0, 0.1) is 50.4 Å². The second-order valence-electron chi connectivity index (χ2n) is 25.9. The molecule has 6 aromatic carbocycles. The standard InChI is InChI=1S/C39H41N3O9.C37H39N3O8/c1-21-14-25-15-27-29(17-40)42-28(34(41(27)4)32(25)38(35(21)46-6)48-19-45-5)16-26-33(39-37(49-20-50-39)22(2)36(26)51-23(3)43)30(42)18-47-31(44)13-12-24-10-8-7-9-11-24;1-20-13-23-14-25-27(16-38)40-26(32(39(25)3)30(23)36(34(20)44-5)46-18-43-4)15-24-31(37-35(47-19-48-37)21(2)33(24)42)28(40)17-45-29(41)12-11-22-9-7-6-8-10-22/h7-14,27-30,34H,15-16,18-20H2,1-6H3;6-13,25-28,32,42H,14-15,17-19H2,1-5H3/b13-12+;12-11+/t27-,28?,29-,30-,34-;25-,26?,27-,28-,32-/m00/s1. The minimum Gasteiger partial charge on any atom is -0.507 e. The molecule has 0 saturated carbocycles. The summed E-state index contributed by atoms with van der Waals surface area (Å²) in [5.41, 5.74) is 11.6. The van der Waals surface area contributed by atoms with E-state index in [1.807, 2.05) is 95.5 Å². The fourth-order valence-corrected chi connectivity index (χ4v) is 16.6. The van der Waals surface area contributed by atoms with Gasteiger partial charge in [0.1, 0.15) is 36.8 Å². The van der Waals surface area contributed by atoms with E-state index in [2.05, 4.69) is 43.9 Å². The molecule has 2 fully saturated rings. The Morgan fingerprint density at radius 3 is 1.40 bits per heavy atom. The van der Waals surface area contributed by atoms with Crippen LogP contribution in [-0.2, 0) is 59.0 Å². The minimum atomic E-state index is -0.654. The predicted octanol–water partition coefficient (Wildman–Crippen LogP) is 9.73. The molecule has 0 spiro atoms. The number of benzene rings is 6. The average Bonchev–Trinajstić information content (AvgIpc) is 1.32. The number of rotatable bonds is 17. The molecule has 0 aliphatic carbocycles. The maximum Gasteiger partial charge on any atom is 0.330 e. The van der Waals surface area contributed by atoms with Crippen LogP contribution in [0.2, 0.25) is 0 Å². The highest BCUT2D eigenvalue weighted by molar-refractivity contribution is 5.88. The van der Waals surface area contributed by atoms with Gasteiger partial charge in [-0.3, -0.25) is 24.4 Å². The van der Waals surface area contributed by atoms with Crippen molar-refractivity contribution in [3.05, 3.63) is 163 Å². The second kappa shape index (κ2) is 28.2. The summed E-state index contributed by atoms with van der Waals surface area (Å²) < 4.78 is 76.8. The number of esters is 3. The number of fused-ring (bicyclic) bond motifs is 18. The first kappa shape index (κ1) is 67.7. The van der Waals surface area contributed by atoms with Crippen molar-refractivity contribution >= 4 is 30.1 Å². The smallest absolute Gasteiger partial charge is 0.330 e. The Bertz CT molecular complexity index is 4300. The van der Waals surface area contributed by atoms with Crippen LogP contribution in [0.4, 0.5) is 0 Å². The molecule has 0 radical (unpaired) electrons. The van der Waals surface area contributed by atoms with Crippen molar-refractivity contribution in [1.29, 1.82) is 10.5 Å². The largest absolute Gasteiger partial charge is 0.507 e. The Kier molecular flexibility index (Phi) is 19.3. The lowest BCUT2D eigenvalue weighted by atomic mass is 9.71. The van der Waals surface area contributed by atoms with Crippen molar-refractivity contribution in [3.63, 3.8) is 0 Å². The van der Waals surface area contributed by atoms with Crippen molar-refractivity contribution in [2.75, 3.05) is 82.9 Å². The molecule has 6 aromatic rings. The number of phenolic OH excluding ortho intramolecular Hbond substituents is 1. The molecule has 23 nitrogen and oxygen atoms in total. The number of nitriles is 2. The Morgan fingerprint density at radius 1 is 0.556 bits per heavy atom. The van der Waals surface area contributed by atoms with Crippen LogP contribution in [0.3, 0.4) is 0 Å². The molecule has 23 heteroatoms. The Hall–Kier alpha value is -9.85. The van der Waals surface area contributed by atoms with Crippen LogP contribution >= 0.6 is 0 Å². The highest BCUT2D eigenvalue weighted by Gasteiger charge is 2.59. The van der Waals surface area contributed by atoms with E-state index in [1.54, 1.807) is 47.5 Å². The summed E-state index contributed by atoms with van der Waals surface area (Å²) in [5.74, 6) is 3.33. The summed E-state index contributed by atoms with van der Waals surface area (Å²) in [6.07, 6.45) is 8.14. The maximum absolute atomic E-state index is 13.3. The van der Waals surface area contributed by atoms with Crippen molar-refractivity contribution in [1.82, 2.24) is 19.6 Å². The van der Waals surface area contributed by atoms with Crippen molar-refractivity contribution in [2.24, 2.45) is 0 Å². The summed E-state index contributed by atoms with van der Waals surface area (Å²) in [6.45, 7) is 8.82. The quantitative estimate of drug-likeness (QED) is 0.0386. The summed E-state index contributed by atoms with van der Waals surface area (Å²) >= 11 is 0. The molecule has 4 bridgehead atoms. The third-order valence-corrected chi connectivity index (χ3v) is 20.6. The highest BCUT2D eigenvalue weighted by Crippen LogP contribution is 2.61. The zero-order valence-corrected chi connectivity index (χ0v) is 57.2. The van der Waals surface area contributed by atoms with Gasteiger partial charge in [0.05, 0.1) is 50.5 Å². The number of carbonyl (C=O) groups is 3. The zero-order chi connectivity index (χ0) is 69.7. The minimum absolute atomic E-state index is 0.00417. The number of nitrogens with zero attached hydrogens (tertiary/aromatic N) is 6. The van der Waals surface area contributed by atoms with Gasteiger partial charge in [0.2, 0.25) is 13.6 Å². The van der Waals surface area contributed by atoms with E-state index in [1.165, 1.54) is 19.1 Å². The fourth-order valence-electron chi connectivity index (χ4n) is 16.6. The van der Waals surface area contributed by atoms with E-state index in [4.69, 9.17) is 61.6 Å². The van der Waals surface area contributed by atoms with Crippen LogP contribution in [0.5, 0.6) is 57.5 Å². The van der Waals surface area contributed by atoms with Crippen molar-refractivity contribution < 1.29 is 81.1 Å². The average molecular weight is 1350 g/mol. The van der Waals surface area contributed by atoms with Gasteiger partial charge in [-0.15, -0.1) is 0 Å². The Labute approximate surface area is 574 Å². The monoisotopic (exact) mass is 1350 g/mol. The first-order valence-corrected chi connectivity index (χ1v) is 33.0. The van der Waals surface area contributed by atoms with Gasteiger partial charge >= 0.3 is 17.9 Å². The molecule has 2 saturated heterocycles. The first-order valence-electron chi connectivity index (χ1n) is 33.0. The molecule has 2 unspecified atom stereocenters. The lowest BCUT2D eigenvalue weighted by molar-refractivity contribution is -0.144. The lowest BCUT2D eigenvalue weighted by Gasteiger charge is -2.59. The van der Waals surface area contributed by atoms with E-state index in [-0.39, 0.29) is 82.4 Å². The number of carbonyl (C=O) groups excluding carboxylic acids is 3. The molecule has 8 aliphatic heterocycles. The third kappa shape index (κ3) is 11.9. The van der Waals surface area contributed by atoms with Gasteiger partial charge in [-0.2, -0.15) is 10.5 Å². The molecule has 0 amide bonds. The van der Waals surface area contributed by atoms with Gasteiger partial charge < -0.3 is 66.7 Å². The lowest BCUT2D eigenvalue weighted by Crippen LogP contribution is -2.68. The number of ether oxygens (including phenoxy) is 13. The number of piperazine rings is 2. The van der Waals surface area contributed by atoms with Gasteiger partial charge in [-0.05, 0) is 113 Å². The molecule has 516 valence electrons. The van der Waals surface area contributed by atoms with Crippen LogP contribution in [0.15, 0.2) is 84.9 Å². The van der Waals surface area contributed by atoms with E-state index in [9.17, 15) is 30.0 Å². The normalized spacial score (nSPS) is 23.5. The molecule has 8 heterocycles. The summed E-state index contributed by atoms with van der Waals surface area (Å²) in [6, 6.07) is 24.3. The zero-order valence-electron chi connectivity index (χ0n) is 57.2. The van der Waals surface area contributed by atoms with Gasteiger partial charge in [-0.25, -0.2) is 9.59 Å². The Balaban J connectivity index is 0.000000178. The summed E-state index contributed by atoms with van der Waals surface area (Å²) in [7, 11) is 10.5. The van der Waals surface area contributed by atoms with Crippen molar-refractivity contribution in [2.45, 2.75) is 121 Å². The number of methoxy groups -OCH3 is 4. The fraction of sp³-hybridized carbons (Fsp3) is 0.408. The van der Waals surface area contributed by atoms with Crippen LogP contribution in [-0.4, -0.2) is 162 Å². The predicted molar refractivity (Wildman–Crippen MR) is 360 cm³/mol. The topological polar surface area (TPSA) is 252 Å². The van der Waals surface area contributed by atoms with Gasteiger partial charge in [0.15, 0.2) is 59.6 Å². The Morgan fingerprint density at radius 2 is 0.980 bits per heavy atom. The number of hydrogen-bond acceptors (Lipinski definition) is 23. The van der Waals surface area contributed by atoms with Crippen LogP contribution in [0.25, 0.3) is 12.2 Å². The first-order chi connectivity index (χ1) is 48.0. The summed E-state index contributed by atoms with van der Waals surface area (Å²) in [5, 5.41) is 33.5. The molecule has 0 aromatic heterocycles. The molecule has 10 atom stereocenters. The SMILES string of the molecule is COCOc1c(OC)c(C)cc2c1[C@@H]1C3Cc4c(O)c(C)c5c(c4[C@H](COC(=O)/C=C/c4ccccc4)N3[C@@H](C#N)[C@H](C2)N1C)OCO5.COCOc1c(OC)c(C)cc2c1[C@@H]1C3Cc4c(OC(C)=O)c(C)c5c(c4[C@H](COC(=O)/C=C/c4ccccc4)N3[C@@H](C#N)[C@H](C2)N1C)OCO5. The molecular weight excluding hydrogens is 1270 g/mol. The van der Waals surface area contributed by atoms with E-state index < -0.39 is 42.1 Å². The van der Waals surface area contributed by atoms with Crippen molar-refractivity contribution in [3.8, 4) is 69.6 Å². The number of likely N-dealkylation sites (N-methyl/N-ethyl adjacent to an activating group) is 2. The number of phenols is 1. The van der Waals surface area contributed by atoms with E-state index >= 15 is 0 Å². The molecule has 99 heavy (non-hydrogen) atoms. The molecular formula is C76H80N6O17. The molecule has 14 rings (SSSR count). The van der Waals surface area contributed by atoms with Gasteiger partial charge in [0.25, 0.3) is 0 Å². The van der Waals surface area contributed by atoms with E-state index in [0.29, 0.717) is 105 Å². The summed E-state index contributed by atoms with van der Waals surface area (Å²) in [4.78, 5) is 47.8. The second-order valence-corrected chi connectivity index (χ2v) is 25.9. The molecule has 1 N–H and O–H groups in total. The third-order valence-electron chi connectivity index (χ3n) is 20.6. The van der Waals surface area contributed by atoms with Crippen LogP contribution < -0.4 is 42.6 Å². The maximum atomic E-state index is 13.3. The molecule has 8 aliphatic rings. The highest BCUT2D eigenvalue weighted by atomic mass is 16.7. The number of aryl methyl sites for hydroxylation is 2. The van der Waals surface area contributed by atoms with E-state index in [0.717, 1.165) is 50.1 Å². The van der Waals surface area contributed by atoms with Gasteiger partial charge in [-0.1, -0.05) is 72.8 Å². The van der Waals surface area contributed by atoms with Crippen LogP contribution in [0.1, 0.15) is 109 Å².